The number of fused-ring (bicyclic) bond motifs is 1. The molecule has 132 valence electrons. The second kappa shape index (κ2) is 6.45. The van der Waals surface area contributed by atoms with Crippen LogP contribution in [0.5, 0.6) is 0 Å². The molecular weight excluding hydrogens is 365 g/mol. The monoisotopic (exact) mass is 377 g/mol. The summed E-state index contributed by atoms with van der Waals surface area (Å²) in [7, 11) is 0. The van der Waals surface area contributed by atoms with Gasteiger partial charge in [0.25, 0.3) is 0 Å². The van der Waals surface area contributed by atoms with E-state index in [1.54, 1.807) is 30.5 Å². The number of hydrogen-bond donors (Lipinski definition) is 1. The molecule has 5 nitrogen and oxygen atoms in total. The quantitative estimate of drug-likeness (QED) is 0.363. The van der Waals surface area contributed by atoms with Crippen molar-refractivity contribution in [2.45, 2.75) is 13.8 Å². The number of pyridine rings is 2. The smallest absolute Gasteiger partial charge is 0.216 e. The molecule has 4 aromatic rings. The summed E-state index contributed by atoms with van der Waals surface area (Å²) in [5.74, 6) is -0.410. The Bertz CT molecular complexity index is 1240. The summed E-state index contributed by atoms with van der Waals surface area (Å²) < 4.78 is 14.5. The maximum atomic E-state index is 14.5. The van der Waals surface area contributed by atoms with E-state index in [0.29, 0.717) is 44.4 Å². The molecule has 0 saturated heterocycles. The number of nitrogens with one attached hydrogen (secondary N) is 1. The average Bonchev–Trinajstić information content (AvgIpc) is 3.06. The summed E-state index contributed by atoms with van der Waals surface area (Å²) in [5, 5.41) is 8.29. The molecule has 27 heavy (non-hydrogen) atoms. The van der Waals surface area contributed by atoms with Crippen LogP contribution < -0.4 is 0 Å². The molecule has 0 unspecified atom stereocenters. The molecular formula is C20H13ClFN5. The molecule has 0 saturated carbocycles. The fourth-order valence-corrected chi connectivity index (χ4v) is 3.30. The number of H-pyrrole nitrogens is 1. The topological polar surface area (TPSA) is 58.8 Å². The fraction of sp³-hybridized carbons (Fsp3) is 0.100. The molecule has 0 bridgehead atoms. The Kier molecular flexibility index (Phi) is 4.09. The van der Waals surface area contributed by atoms with Crippen molar-refractivity contribution in [3.05, 3.63) is 70.0 Å². The largest absolute Gasteiger partial charge is 0.260 e. The predicted molar refractivity (Wildman–Crippen MR) is 103 cm³/mol. The van der Waals surface area contributed by atoms with Crippen molar-refractivity contribution in [3.8, 4) is 22.5 Å². The van der Waals surface area contributed by atoms with Gasteiger partial charge in [0.05, 0.1) is 12.3 Å². The highest BCUT2D eigenvalue weighted by molar-refractivity contribution is 6.29. The number of benzene rings is 1. The van der Waals surface area contributed by atoms with Crippen LogP contribution in [-0.4, -0.2) is 20.2 Å². The van der Waals surface area contributed by atoms with Gasteiger partial charge in [-0.3, -0.25) is 5.10 Å². The Balaban J connectivity index is 2.02. The van der Waals surface area contributed by atoms with Crippen LogP contribution in [0.15, 0.2) is 36.5 Å². The Morgan fingerprint density at radius 3 is 2.67 bits per heavy atom. The molecule has 7 heteroatoms. The highest BCUT2D eigenvalue weighted by Gasteiger charge is 2.21. The molecule has 0 amide bonds. The maximum absolute atomic E-state index is 14.5. The van der Waals surface area contributed by atoms with Crippen LogP contribution >= 0.6 is 11.6 Å². The van der Waals surface area contributed by atoms with Gasteiger partial charge in [0.1, 0.15) is 16.7 Å². The van der Waals surface area contributed by atoms with E-state index in [9.17, 15) is 4.39 Å². The van der Waals surface area contributed by atoms with Gasteiger partial charge in [-0.05, 0) is 43.2 Å². The van der Waals surface area contributed by atoms with Crippen LogP contribution in [0, 0.1) is 26.2 Å². The highest BCUT2D eigenvalue weighted by Crippen LogP contribution is 2.39. The van der Waals surface area contributed by atoms with E-state index in [1.165, 1.54) is 6.07 Å². The van der Waals surface area contributed by atoms with Gasteiger partial charge in [0.15, 0.2) is 5.65 Å². The Morgan fingerprint density at radius 2 is 1.96 bits per heavy atom. The van der Waals surface area contributed by atoms with Crippen molar-refractivity contribution >= 4 is 28.3 Å². The molecule has 0 spiro atoms. The number of aromatic amines is 1. The van der Waals surface area contributed by atoms with Crippen molar-refractivity contribution in [3.63, 3.8) is 0 Å². The third-order valence-electron chi connectivity index (χ3n) is 4.42. The van der Waals surface area contributed by atoms with Gasteiger partial charge in [0, 0.05) is 22.7 Å². The van der Waals surface area contributed by atoms with Gasteiger partial charge < -0.3 is 0 Å². The van der Waals surface area contributed by atoms with Crippen LogP contribution in [0.1, 0.15) is 11.1 Å². The number of aromatic nitrogens is 4. The molecule has 0 atom stereocenters. The van der Waals surface area contributed by atoms with Gasteiger partial charge in [-0.2, -0.15) is 5.10 Å². The Labute approximate surface area is 159 Å². The van der Waals surface area contributed by atoms with Crippen molar-refractivity contribution < 1.29 is 4.39 Å². The SMILES string of the molecule is [C-]#[N+]c1c(-c2ccc(C)cc2F)nc2[nH]nc(-c3ccnc(Cl)c3)c2c1C. The van der Waals surface area contributed by atoms with Crippen LogP contribution in [-0.2, 0) is 0 Å². The molecule has 0 aliphatic heterocycles. The van der Waals surface area contributed by atoms with E-state index in [2.05, 4.69) is 25.0 Å². The number of rotatable bonds is 2. The summed E-state index contributed by atoms with van der Waals surface area (Å²) in [4.78, 5) is 12.1. The lowest BCUT2D eigenvalue weighted by Gasteiger charge is -2.10. The van der Waals surface area contributed by atoms with E-state index in [4.69, 9.17) is 18.2 Å². The lowest BCUT2D eigenvalue weighted by molar-refractivity contribution is 0.629. The molecule has 1 N–H and O–H groups in total. The zero-order valence-electron chi connectivity index (χ0n) is 14.5. The van der Waals surface area contributed by atoms with E-state index in [0.717, 1.165) is 11.1 Å². The summed E-state index contributed by atoms with van der Waals surface area (Å²) in [6, 6.07) is 8.35. The van der Waals surface area contributed by atoms with Crippen LogP contribution in [0.2, 0.25) is 5.15 Å². The number of nitrogens with zero attached hydrogens (tertiary/aromatic N) is 4. The second-order valence-electron chi connectivity index (χ2n) is 6.19. The van der Waals surface area contributed by atoms with E-state index < -0.39 is 5.82 Å². The van der Waals surface area contributed by atoms with Crippen molar-refractivity contribution in [1.82, 2.24) is 20.2 Å². The highest BCUT2D eigenvalue weighted by atomic mass is 35.5. The average molecular weight is 378 g/mol. The van der Waals surface area contributed by atoms with E-state index >= 15 is 0 Å². The standard InChI is InChI=1S/C20H13ClFN5/c1-10-4-5-13(14(22)8-10)19-17(23-3)11(2)16-18(26-27-20(16)25-19)12-6-7-24-15(21)9-12/h4-9H,1-2H3,(H,25,26,27). The molecule has 0 aliphatic rings. The first-order chi connectivity index (χ1) is 13.0. The molecule has 3 heterocycles. The summed E-state index contributed by atoms with van der Waals surface area (Å²) in [6.45, 7) is 11.3. The predicted octanol–water partition coefficient (Wildman–Crippen LogP) is 5.65. The third kappa shape index (κ3) is 2.82. The summed E-state index contributed by atoms with van der Waals surface area (Å²) in [6.07, 6.45) is 1.59. The lowest BCUT2D eigenvalue weighted by atomic mass is 10.0. The van der Waals surface area contributed by atoms with E-state index in [1.807, 2.05) is 13.8 Å². The first-order valence-corrected chi connectivity index (χ1v) is 8.52. The van der Waals surface area contributed by atoms with Gasteiger partial charge in [-0.25, -0.2) is 19.2 Å². The van der Waals surface area contributed by atoms with Crippen LogP contribution in [0.3, 0.4) is 0 Å². The maximum Gasteiger partial charge on any atom is 0.216 e. The second-order valence-corrected chi connectivity index (χ2v) is 6.58. The molecule has 4 rings (SSSR count). The minimum Gasteiger partial charge on any atom is -0.260 e. The zero-order chi connectivity index (χ0) is 19.1. The molecule has 3 aromatic heterocycles. The molecule has 1 aromatic carbocycles. The minimum absolute atomic E-state index is 0.291. The van der Waals surface area contributed by atoms with Gasteiger partial charge in [0.2, 0.25) is 5.69 Å². The van der Waals surface area contributed by atoms with Crippen molar-refractivity contribution in [1.29, 1.82) is 0 Å². The van der Waals surface area contributed by atoms with Gasteiger partial charge in [-0.15, -0.1) is 0 Å². The number of aryl methyl sites for hydroxylation is 2. The molecule has 0 fully saturated rings. The summed E-state index contributed by atoms with van der Waals surface area (Å²) in [5.41, 5.74) is 4.25. The normalized spacial score (nSPS) is 10.9. The first kappa shape index (κ1) is 17.1. The third-order valence-corrected chi connectivity index (χ3v) is 4.62. The van der Waals surface area contributed by atoms with Crippen LogP contribution in [0.4, 0.5) is 10.1 Å². The lowest BCUT2D eigenvalue weighted by Crippen LogP contribution is -1.93. The fourth-order valence-electron chi connectivity index (χ4n) is 3.13. The minimum atomic E-state index is -0.410. The summed E-state index contributed by atoms with van der Waals surface area (Å²) >= 11 is 5.99. The van der Waals surface area contributed by atoms with Gasteiger partial charge >= 0.3 is 0 Å². The molecule has 0 radical (unpaired) electrons. The zero-order valence-corrected chi connectivity index (χ0v) is 15.3. The first-order valence-electron chi connectivity index (χ1n) is 8.14. The van der Waals surface area contributed by atoms with E-state index in [-0.39, 0.29) is 0 Å². The number of hydrogen-bond acceptors (Lipinski definition) is 3. The Morgan fingerprint density at radius 1 is 1.15 bits per heavy atom. The van der Waals surface area contributed by atoms with Crippen molar-refractivity contribution in [2.75, 3.05) is 0 Å². The van der Waals surface area contributed by atoms with Crippen LogP contribution in [0.25, 0.3) is 38.4 Å². The van der Waals surface area contributed by atoms with Crippen molar-refractivity contribution in [2.24, 2.45) is 0 Å². The molecule has 0 aliphatic carbocycles. The van der Waals surface area contributed by atoms with Gasteiger partial charge in [-0.1, -0.05) is 23.7 Å². The Hall–Kier alpha value is -3.30. The number of halogens is 2.